The van der Waals surface area contributed by atoms with Crippen molar-refractivity contribution < 1.29 is 13.9 Å². The third kappa shape index (κ3) is 6.36. The molecule has 0 aliphatic heterocycles. The van der Waals surface area contributed by atoms with E-state index in [2.05, 4.69) is 15.6 Å². The van der Waals surface area contributed by atoms with E-state index in [4.69, 9.17) is 9.47 Å². The maximum atomic E-state index is 13.6. The summed E-state index contributed by atoms with van der Waals surface area (Å²) in [7, 11) is 4.94. The van der Waals surface area contributed by atoms with E-state index in [-0.39, 0.29) is 29.8 Å². The average Bonchev–Trinajstić information content (AvgIpc) is 2.65. The molecule has 0 aromatic heterocycles. The molecular weight excluding hydrogens is 448 g/mol. The first-order valence-corrected chi connectivity index (χ1v) is 8.06. The maximum absolute atomic E-state index is 13.6. The lowest BCUT2D eigenvalue weighted by molar-refractivity contribution is 0.390. The Morgan fingerprint density at radius 1 is 1.04 bits per heavy atom. The fraction of sp³-hybridized carbons (Fsp3) is 0.316. The Bertz CT molecular complexity index is 726. The molecule has 5 nitrogen and oxygen atoms in total. The number of halogens is 2. The monoisotopic (exact) mass is 473 g/mol. The smallest absolute Gasteiger partial charge is 0.191 e. The van der Waals surface area contributed by atoms with Crippen LogP contribution in [-0.4, -0.2) is 33.8 Å². The van der Waals surface area contributed by atoms with Crippen molar-refractivity contribution in [2.45, 2.75) is 13.0 Å². The van der Waals surface area contributed by atoms with E-state index in [1.165, 1.54) is 6.07 Å². The number of guanidine groups is 1. The molecule has 2 aromatic carbocycles. The van der Waals surface area contributed by atoms with Crippen LogP contribution in [0.15, 0.2) is 47.5 Å². The molecule has 0 spiro atoms. The van der Waals surface area contributed by atoms with Gasteiger partial charge in [0, 0.05) is 31.8 Å². The van der Waals surface area contributed by atoms with E-state index in [0.29, 0.717) is 31.0 Å². The molecule has 0 heterocycles. The number of hydrogen-bond donors (Lipinski definition) is 2. The predicted molar refractivity (Wildman–Crippen MR) is 113 cm³/mol. The Labute approximate surface area is 171 Å². The molecule has 7 heteroatoms. The largest absolute Gasteiger partial charge is 0.497 e. The fourth-order valence-electron chi connectivity index (χ4n) is 2.41. The topological polar surface area (TPSA) is 54.9 Å². The highest BCUT2D eigenvalue weighted by atomic mass is 127. The minimum atomic E-state index is -0.185. The molecule has 0 saturated carbocycles. The molecule has 0 aliphatic rings. The zero-order valence-electron chi connectivity index (χ0n) is 15.2. The van der Waals surface area contributed by atoms with Gasteiger partial charge >= 0.3 is 0 Å². The van der Waals surface area contributed by atoms with Gasteiger partial charge in [0.15, 0.2) is 5.96 Å². The Hall–Kier alpha value is -2.03. The van der Waals surface area contributed by atoms with E-state index >= 15 is 0 Å². The van der Waals surface area contributed by atoms with Gasteiger partial charge in [0.2, 0.25) is 0 Å². The first-order valence-electron chi connectivity index (χ1n) is 8.06. The number of nitrogens with one attached hydrogen (secondary N) is 2. The molecule has 0 radical (unpaired) electrons. The lowest BCUT2D eigenvalue weighted by atomic mass is 10.1. The average molecular weight is 473 g/mol. The van der Waals surface area contributed by atoms with Crippen LogP contribution in [0.5, 0.6) is 11.5 Å². The Morgan fingerprint density at radius 3 is 2.46 bits per heavy atom. The van der Waals surface area contributed by atoms with Crippen LogP contribution in [0.2, 0.25) is 0 Å². The molecule has 2 aromatic rings. The van der Waals surface area contributed by atoms with Crippen LogP contribution in [0.3, 0.4) is 0 Å². The third-order valence-corrected chi connectivity index (χ3v) is 3.81. The highest BCUT2D eigenvalue weighted by Gasteiger charge is 2.06. The predicted octanol–water partition coefficient (Wildman–Crippen LogP) is 3.37. The number of ether oxygens (including phenoxy) is 2. The summed E-state index contributed by atoms with van der Waals surface area (Å²) in [6.07, 6.45) is 0.583. The lowest BCUT2D eigenvalue weighted by Crippen LogP contribution is -2.38. The van der Waals surface area contributed by atoms with Crippen LogP contribution >= 0.6 is 24.0 Å². The highest BCUT2D eigenvalue weighted by molar-refractivity contribution is 14.0. The van der Waals surface area contributed by atoms with Crippen LogP contribution in [0.25, 0.3) is 0 Å². The molecular formula is C19H25FIN3O2. The molecule has 26 heavy (non-hydrogen) atoms. The summed E-state index contributed by atoms with van der Waals surface area (Å²) in [5.41, 5.74) is 1.67. The summed E-state index contributed by atoms with van der Waals surface area (Å²) in [4.78, 5) is 4.18. The van der Waals surface area contributed by atoms with Gasteiger partial charge in [-0.3, -0.25) is 4.99 Å². The summed E-state index contributed by atoms with van der Waals surface area (Å²) in [6.45, 7) is 1.13. The zero-order valence-corrected chi connectivity index (χ0v) is 17.5. The van der Waals surface area contributed by atoms with Gasteiger partial charge in [-0.25, -0.2) is 4.39 Å². The van der Waals surface area contributed by atoms with Gasteiger partial charge in [0.1, 0.15) is 17.3 Å². The second kappa shape index (κ2) is 11.6. The van der Waals surface area contributed by atoms with E-state index in [9.17, 15) is 4.39 Å². The van der Waals surface area contributed by atoms with Crippen LogP contribution < -0.4 is 20.1 Å². The van der Waals surface area contributed by atoms with E-state index < -0.39 is 0 Å². The van der Waals surface area contributed by atoms with Crippen molar-refractivity contribution in [3.05, 3.63) is 59.4 Å². The lowest BCUT2D eigenvalue weighted by Gasteiger charge is -2.14. The number of rotatable bonds is 7. The van der Waals surface area contributed by atoms with E-state index in [0.717, 1.165) is 17.1 Å². The standard InChI is InChI=1S/C19H24FN3O2.HI/c1-21-19(22-11-10-14-6-4-5-7-17(14)20)23-13-15-8-9-16(24-2)12-18(15)25-3;/h4-9,12H,10-11,13H2,1-3H3,(H2,21,22,23);1H. The minimum absolute atomic E-state index is 0. The number of aliphatic imine (C=N–C) groups is 1. The van der Waals surface area contributed by atoms with Gasteiger partial charge in [-0.1, -0.05) is 18.2 Å². The molecule has 2 rings (SSSR count). The summed E-state index contributed by atoms with van der Waals surface area (Å²) in [6, 6.07) is 12.4. The third-order valence-electron chi connectivity index (χ3n) is 3.81. The molecule has 0 aliphatic carbocycles. The second-order valence-electron chi connectivity index (χ2n) is 5.37. The molecule has 0 unspecified atom stereocenters. The number of nitrogens with zero attached hydrogens (tertiary/aromatic N) is 1. The molecule has 142 valence electrons. The normalized spacial score (nSPS) is 10.7. The van der Waals surface area contributed by atoms with Crippen LogP contribution in [-0.2, 0) is 13.0 Å². The highest BCUT2D eigenvalue weighted by Crippen LogP contribution is 2.24. The first-order chi connectivity index (χ1) is 12.2. The summed E-state index contributed by atoms with van der Waals surface area (Å²) < 4.78 is 24.2. The van der Waals surface area contributed by atoms with Crippen LogP contribution in [0.4, 0.5) is 4.39 Å². The van der Waals surface area contributed by atoms with Crippen molar-refractivity contribution in [2.75, 3.05) is 27.8 Å². The molecule has 0 atom stereocenters. The van der Waals surface area contributed by atoms with Crippen molar-refractivity contribution in [1.29, 1.82) is 0 Å². The van der Waals surface area contributed by atoms with E-state index in [1.54, 1.807) is 33.4 Å². The maximum Gasteiger partial charge on any atom is 0.191 e. The molecule has 0 amide bonds. The van der Waals surface area contributed by atoms with Crippen LogP contribution in [0.1, 0.15) is 11.1 Å². The van der Waals surface area contributed by atoms with Crippen molar-refractivity contribution in [3.63, 3.8) is 0 Å². The molecule has 0 saturated heterocycles. The quantitative estimate of drug-likeness (QED) is 0.368. The van der Waals surface area contributed by atoms with Gasteiger partial charge in [-0.05, 0) is 30.2 Å². The minimum Gasteiger partial charge on any atom is -0.497 e. The van der Waals surface area contributed by atoms with Crippen LogP contribution in [0, 0.1) is 5.82 Å². The fourth-order valence-corrected chi connectivity index (χ4v) is 2.41. The SMILES string of the molecule is CN=C(NCCc1ccccc1F)NCc1ccc(OC)cc1OC.I. The van der Waals surface area contributed by atoms with Gasteiger partial charge < -0.3 is 20.1 Å². The second-order valence-corrected chi connectivity index (χ2v) is 5.37. The molecule has 2 N–H and O–H groups in total. The summed E-state index contributed by atoms with van der Waals surface area (Å²) >= 11 is 0. The zero-order chi connectivity index (χ0) is 18.1. The Kier molecular flexibility index (Phi) is 9.79. The molecule has 0 bridgehead atoms. The number of methoxy groups -OCH3 is 2. The van der Waals surface area contributed by atoms with Gasteiger partial charge in [0.05, 0.1) is 14.2 Å². The number of benzene rings is 2. The van der Waals surface area contributed by atoms with Gasteiger partial charge in [-0.2, -0.15) is 0 Å². The Balaban J connectivity index is 0.00000338. The summed E-state index contributed by atoms with van der Waals surface area (Å²) in [5, 5.41) is 6.41. The Morgan fingerprint density at radius 2 is 1.81 bits per heavy atom. The van der Waals surface area contributed by atoms with Crippen molar-refractivity contribution in [1.82, 2.24) is 10.6 Å². The van der Waals surface area contributed by atoms with Crippen molar-refractivity contribution in [2.24, 2.45) is 4.99 Å². The van der Waals surface area contributed by atoms with Gasteiger partial charge in [0.25, 0.3) is 0 Å². The van der Waals surface area contributed by atoms with Crippen molar-refractivity contribution in [3.8, 4) is 11.5 Å². The first kappa shape index (κ1) is 22.0. The number of hydrogen-bond acceptors (Lipinski definition) is 3. The molecule has 0 fully saturated rings. The van der Waals surface area contributed by atoms with Gasteiger partial charge in [-0.15, -0.1) is 24.0 Å². The summed E-state index contributed by atoms with van der Waals surface area (Å²) in [5.74, 6) is 1.95. The van der Waals surface area contributed by atoms with Crippen molar-refractivity contribution >= 4 is 29.9 Å². The van der Waals surface area contributed by atoms with E-state index in [1.807, 2.05) is 24.3 Å².